The molecule has 15 unspecified atom stereocenters. The fourth-order valence-electron chi connectivity index (χ4n) is 18.0. The third-order valence-electron chi connectivity index (χ3n) is 19.7. The number of carbonyl (C=O) groups is 2. The minimum Gasteiger partial charge on any atom is -0.396 e. The Hall–Kier alpha value is -2.42. The highest BCUT2D eigenvalue weighted by Crippen LogP contribution is 2.84. The maximum Gasteiger partial charge on any atom is 0.159 e. The molecule has 9 aliphatic rings. The molecule has 0 radical (unpaired) electrons. The van der Waals surface area contributed by atoms with Crippen LogP contribution in [0, 0.1) is 73.4 Å². The number of carbonyl (C=O) groups excluding carboxylic acids is 2. The van der Waals surface area contributed by atoms with Gasteiger partial charge in [-0.3, -0.25) is 9.59 Å². The Labute approximate surface area is 325 Å². The third kappa shape index (κ3) is 4.02. The average Bonchev–Trinajstić information content (AvgIpc) is 3.53. The molecule has 5 N–H and O–H groups in total. The first-order chi connectivity index (χ1) is 26.1. The van der Waals surface area contributed by atoms with Gasteiger partial charge in [-0.05, 0) is 144 Å². The molecule has 10 rings (SSSR count). The second-order valence-electron chi connectivity index (χ2n) is 21.6. The highest BCUT2D eigenvalue weighted by molar-refractivity contribution is 5.96. The molecule has 6 saturated carbocycles. The molecule has 1 aromatic rings. The third-order valence-corrected chi connectivity index (χ3v) is 19.7. The molecule has 0 aromatic heterocycles. The van der Waals surface area contributed by atoms with Gasteiger partial charge in [0.2, 0.25) is 0 Å². The Bertz CT molecular complexity index is 2040. The summed E-state index contributed by atoms with van der Waals surface area (Å²) in [5.41, 5.74) is -3.29. The van der Waals surface area contributed by atoms with Crippen molar-refractivity contribution in [1.82, 2.24) is 0 Å². The number of rotatable bonds is 4. The molecule has 0 saturated heterocycles. The highest BCUT2D eigenvalue weighted by Gasteiger charge is 2.81. The lowest BCUT2D eigenvalue weighted by Crippen LogP contribution is -2.77. The maximum atomic E-state index is 15.9. The number of aldehydes is 1. The van der Waals surface area contributed by atoms with Crippen LogP contribution in [-0.4, -0.2) is 68.6 Å². The Morgan fingerprint density at radius 1 is 0.945 bits per heavy atom. The second kappa shape index (κ2) is 11.4. The highest BCUT2D eigenvalue weighted by atomic mass is 16.3. The zero-order valence-corrected chi connectivity index (χ0v) is 33.3. The zero-order chi connectivity index (χ0) is 38.8. The largest absolute Gasteiger partial charge is 0.396 e. The number of allylic oxidation sites excluding steroid dienone is 3. The van der Waals surface area contributed by atoms with E-state index in [0.29, 0.717) is 43.6 Å². The number of fused-ring (bicyclic) bond motifs is 4. The van der Waals surface area contributed by atoms with Gasteiger partial charge in [-0.1, -0.05) is 82.2 Å². The first-order valence-corrected chi connectivity index (χ1v) is 21.6. The van der Waals surface area contributed by atoms with Crippen LogP contribution < -0.4 is 10.4 Å². The molecular formula is C48H62O7. The monoisotopic (exact) mass is 750 g/mol. The predicted octanol–water partition coefficient (Wildman–Crippen LogP) is 5.03. The number of aliphatic hydroxyl groups excluding tert-OH is 4. The van der Waals surface area contributed by atoms with Crippen LogP contribution in [0.4, 0.5) is 0 Å². The summed E-state index contributed by atoms with van der Waals surface area (Å²) in [7, 11) is 0. The number of ketones is 1. The van der Waals surface area contributed by atoms with E-state index in [1.54, 1.807) is 0 Å². The van der Waals surface area contributed by atoms with Crippen LogP contribution >= 0.6 is 0 Å². The molecular weight excluding hydrogens is 689 g/mol. The molecule has 1 aromatic carbocycles. The van der Waals surface area contributed by atoms with Crippen molar-refractivity contribution in [3.8, 4) is 0 Å². The van der Waals surface area contributed by atoms with E-state index in [4.69, 9.17) is 0 Å². The van der Waals surface area contributed by atoms with E-state index >= 15 is 4.79 Å². The van der Waals surface area contributed by atoms with E-state index in [-0.39, 0.29) is 46.9 Å². The van der Waals surface area contributed by atoms with E-state index in [2.05, 4.69) is 51.1 Å². The van der Waals surface area contributed by atoms with Crippen molar-refractivity contribution in [2.75, 3.05) is 13.2 Å². The van der Waals surface area contributed by atoms with Crippen LogP contribution in [0.15, 0.2) is 42.0 Å². The summed E-state index contributed by atoms with van der Waals surface area (Å²) in [6.45, 7) is 8.48. The van der Waals surface area contributed by atoms with Gasteiger partial charge in [0.1, 0.15) is 0 Å². The Kier molecular flexibility index (Phi) is 7.65. The molecule has 2 spiro atoms. The molecule has 2 bridgehead atoms. The summed E-state index contributed by atoms with van der Waals surface area (Å²) >= 11 is 0. The summed E-state index contributed by atoms with van der Waals surface area (Å²) in [5, 5.41) is 61.7. The number of aliphatic hydroxyl groups is 5. The standard InChI is InChI=1S/C48H62O7/c1-41(2)22-35-34-21-36(52)40-44(42(34,3)26-46(55)17-11-31-9-6-14-45(31,25-41)48(35,46)27-51)15-10-29-19-32-28(7-5-8-30(32)23-49)20-33(29)47(40)18-13-38(53)43(4,39(54)24-50)37(47)12-16-44/h5,7-8,11,17,19-21,23,29,31,33,35,37-40,50-51,53-55H,6,9-10,12-16,18,22,24-27H2,1-4H3. The lowest BCUT2D eigenvalue weighted by atomic mass is 9.27. The molecule has 296 valence electrons. The van der Waals surface area contributed by atoms with Crippen LogP contribution in [0.5, 0.6) is 0 Å². The fourth-order valence-corrected chi connectivity index (χ4v) is 18.0. The molecule has 0 aliphatic heterocycles. The minimum absolute atomic E-state index is 0.0243. The van der Waals surface area contributed by atoms with Gasteiger partial charge in [-0.15, -0.1) is 0 Å². The van der Waals surface area contributed by atoms with Crippen molar-refractivity contribution in [3.63, 3.8) is 0 Å². The molecule has 6 fully saturated rings. The van der Waals surface area contributed by atoms with Gasteiger partial charge in [0, 0.05) is 22.3 Å². The number of hydrogen-bond donors (Lipinski definition) is 5. The van der Waals surface area contributed by atoms with Crippen LogP contribution in [0.3, 0.4) is 0 Å². The molecule has 15 atom stereocenters. The van der Waals surface area contributed by atoms with Gasteiger partial charge in [0.15, 0.2) is 12.1 Å². The van der Waals surface area contributed by atoms with E-state index < -0.39 is 57.4 Å². The zero-order valence-electron chi connectivity index (χ0n) is 33.3. The van der Waals surface area contributed by atoms with Gasteiger partial charge in [-0.2, -0.15) is 0 Å². The van der Waals surface area contributed by atoms with Gasteiger partial charge in [0.25, 0.3) is 0 Å². The molecule has 0 heterocycles. The van der Waals surface area contributed by atoms with Crippen LogP contribution in [-0.2, 0) is 4.79 Å². The molecule has 0 amide bonds. The van der Waals surface area contributed by atoms with Crippen molar-refractivity contribution < 1.29 is 35.1 Å². The topological polar surface area (TPSA) is 135 Å². The van der Waals surface area contributed by atoms with E-state index in [1.165, 1.54) is 0 Å². The van der Waals surface area contributed by atoms with Crippen molar-refractivity contribution in [2.24, 2.45) is 73.4 Å². The maximum absolute atomic E-state index is 15.9. The normalized spacial score (nSPS) is 51.5. The van der Waals surface area contributed by atoms with Gasteiger partial charge in [0.05, 0.1) is 31.0 Å². The van der Waals surface area contributed by atoms with Crippen molar-refractivity contribution in [3.05, 3.63) is 58.0 Å². The SMILES string of the molecule is CC1(C)CC2C3=CC(=O)C4C56CCC(O)C(C)(C(O)CO)C5CCC4(CCC4C=c5c(C=O)cccc5=CC46)C3(C)CC3(O)C=CC4CCCC4(C1)C23CO. The molecule has 55 heavy (non-hydrogen) atoms. The predicted molar refractivity (Wildman–Crippen MR) is 209 cm³/mol. The minimum atomic E-state index is -1.25. The van der Waals surface area contributed by atoms with E-state index in [0.717, 1.165) is 67.2 Å². The summed E-state index contributed by atoms with van der Waals surface area (Å²) in [5.74, 6) is -0.466. The fraction of sp³-hybridized carbons (Fsp3) is 0.708. The lowest BCUT2D eigenvalue weighted by Gasteiger charge is -2.77. The van der Waals surface area contributed by atoms with Crippen LogP contribution in [0.25, 0.3) is 12.2 Å². The van der Waals surface area contributed by atoms with Crippen molar-refractivity contribution in [1.29, 1.82) is 0 Å². The smallest absolute Gasteiger partial charge is 0.159 e. The van der Waals surface area contributed by atoms with Gasteiger partial charge >= 0.3 is 0 Å². The summed E-state index contributed by atoms with van der Waals surface area (Å²) in [4.78, 5) is 28.3. The lowest BCUT2D eigenvalue weighted by molar-refractivity contribution is -0.284. The Balaban J connectivity index is 1.25. The molecule has 7 nitrogen and oxygen atoms in total. The molecule has 9 aliphatic carbocycles. The van der Waals surface area contributed by atoms with Gasteiger partial charge in [-0.25, -0.2) is 0 Å². The first-order valence-electron chi connectivity index (χ1n) is 21.6. The average molecular weight is 751 g/mol. The summed E-state index contributed by atoms with van der Waals surface area (Å²) in [6, 6.07) is 5.87. The van der Waals surface area contributed by atoms with E-state index in [1.807, 2.05) is 25.1 Å². The van der Waals surface area contributed by atoms with E-state index in [9.17, 15) is 30.3 Å². The second-order valence-corrected chi connectivity index (χ2v) is 21.6. The van der Waals surface area contributed by atoms with Crippen molar-refractivity contribution >= 4 is 24.2 Å². The van der Waals surface area contributed by atoms with Crippen LogP contribution in [0.2, 0.25) is 0 Å². The summed E-state index contributed by atoms with van der Waals surface area (Å²) in [6.07, 6.45) is 19.4. The first kappa shape index (κ1) is 36.9. The Morgan fingerprint density at radius 3 is 2.47 bits per heavy atom. The number of benzene rings is 1. The quantitative estimate of drug-likeness (QED) is 0.215. The summed E-state index contributed by atoms with van der Waals surface area (Å²) < 4.78 is 0. The van der Waals surface area contributed by atoms with Crippen LogP contribution in [0.1, 0.15) is 115 Å². The van der Waals surface area contributed by atoms with Crippen molar-refractivity contribution in [2.45, 2.75) is 123 Å². The van der Waals surface area contributed by atoms with Gasteiger partial charge < -0.3 is 25.5 Å². The Morgan fingerprint density at radius 2 is 1.73 bits per heavy atom. The number of hydrogen-bond acceptors (Lipinski definition) is 7. The molecule has 7 heteroatoms.